The van der Waals surface area contributed by atoms with Crippen molar-refractivity contribution >= 4 is 41.1 Å². The van der Waals surface area contributed by atoms with Crippen LogP contribution >= 0.6 is 11.3 Å². The number of carbonyl (C=O) groups excluding carboxylic acids is 4. The number of thiazole rings is 1. The first-order valence-corrected chi connectivity index (χ1v) is 25.5. The number of Topliss-reactive ketones (excluding diaryl/α,β-unsaturated/α-hetero) is 1. The lowest BCUT2D eigenvalue weighted by Crippen LogP contribution is -2.48. The van der Waals surface area contributed by atoms with Crippen LogP contribution in [0.2, 0.25) is 0 Å². The number of ketones is 1. The van der Waals surface area contributed by atoms with E-state index in [2.05, 4.69) is 38.8 Å². The van der Waals surface area contributed by atoms with E-state index in [1.807, 2.05) is 32.2 Å². The molecule has 0 bridgehead atoms. The highest BCUT2D eigenvalue weighted by atomic mass is 32.1. The van der Waals surface area contributed by atoms with Gasteiger partial charge in [-0.05, 0) is 84.3 Å². The first-order valence-electron chi connectivity index (χ1n) is 24.6. The van der Waals surface area contributed by atoms with Gasteiger partial charge in [-0.2, -0.15) is 0 Å². The number of carbonyl (C=O) groups is 4. The summed E-state index contributed by atoms with van der Waals surface area (Å²) < 4.78 is 18.6. The van der Waals surface area contributed by atoms with Gasteiger partial charge in [0.05, 0.1) is 28.5 Å². The van der Waals surface area contributed by atoms with Crippen molar-refractivity contribution in [2.75, 3.05) is 0 Å². The summed E-state index contributed by atoms with van der Waals surface area (Å²) in [4.78, 5) is 60.2. The molecule has 0 aromatic carbocycles. The summed E-state index contributed by atoms with van der Waals surface area (Å²) in [5.41, 5.74) is 1.60. The summed E-state index contributed by atoms with van der Waals surface area (Å²) in [7, 11) is 0. The second kappa shape index (κ2) is 31.1. The first-order chi connectivity index (χ1) is 29.2. The van der Waals surface area contributed by atoms with Crippen molar-refractivity contribution in [2.45, 2.75) is 248 Å². The topological polar surface area (TPSA) is 109 Å². The second-order valence-electron chi connectivity index (χ2n) is 18.8. The Morgan fingerprint density at radius 2 is 1.31 bits per heavy atom. The number of esters is 3. The molecular weight excluding hydrogens is 783 g/mol. The molecule has 1 aliphatic rings. The number of cyclic esters (lactones) is 1. The van der Waals surface area contributed by atoms with Gasteiger partial charge in [0.15, 0.2) is 0 Å². The van der Waals surface area contributed by atoms with Gasteiger partial charge >= 0.3 is 17.9 Å². The van der Waals surface area contributed by atoms with Crippen molar-refractivity contribution in [2.24, 2.45) is 17.3 Å². The van der Waals surface area contributed by atoms with Gasteiger partial charge in [-0.25, -0.2) is 4.98 Å². The fourth-order valence-corrected chi connectivity index (χ4v) is 9.12. The monoisotopic (exact) mass is 870 g/mol. The van der Waals surface area contributed by atoms with Gasteiger partial charge in [0.25, 0.3) is 0 Å². The zero-order chi connectivity index (χ0) is 45.0. The van der Waals surface area contributed by atoms with Crippen molar-refractivity contribution in [3.63, 3.8) is 0 Å². The molecule has 1 aromatic rings. The Bertz CT molecular complexity index is 1480. The van der Waals surface area contributed by atoms with Crippen LogP contribution < -0.4 is 0 Å². The predicted octanol–water partition coefficient (Wildman–Crippen LogP) is 14.6. The van der Waals surface area contributed by atoms with E-state index in [4.69, 9.17) is 14.2 Å². The zero-order valence-corrected chi connectivity index (χ0v) is 41.0. The average molecular weight is 870 g/mol. The van der Waals surface area contributed by atoms with Gasteiger partial charge in [0, 0.05) is 24.6 Å². The molecule has 5 atom stereocenters. The summed E-state index contributed by atoms with van der Waals surface area (Å²) in [5.74, 6) is -2.17. The Morgan fingerprint density at radius 1 is 0.803 bits per heavy atom. The highest BCUT2D eigenvalue weighted by molar-refractivity contribution is 7.09. The van der Waals surface area contributed by atoms with Crippen molar-refractivity contribution in [3.8, 4) is 0 Å². The van der Waals surface area contributed by atoms with Gasteiger partial charge in [-0.1, -0.05) is 148 Å². The highest BCUT2D eigenvalue weighted by Gasteiger charge is 2.46. The van der Waals surface area contributed by atoms with Crippen molar-refractivity contribution in [1.29, 1.82) is 0 Å². The van der Waals surface area contributed by atoms with Crippen LogP contribution in [0.1, 0.15) is 233 Å². The number of allylic oxidation sites excluding steroid dienone is 1. The Hall–Kier alpha value is -2.81. The summed E-state index contributed by atoms with van der Waals surface area (Å²) in [6.07, 6.45) is 27.0. The average Bonchev–Trinajstić information content (AvgIpc) is 3.63. The normalized spacial score (nSPS) is 22.9. The number of aryl methyl sites for hydroxylation is 1. The predicted molar refractivity (Wildman–Crippen MR) is 252 cm³/mol. The molecule has 0 saturated heterocycles. The second-order valence-corrected chi connectivity index (χ2v) is 19.9. The van der Waals surface area contributed by atoms with Crippen LogP contribution in [-0.4, -0.2) is 47.0 Å². The molecule has 0 unspecified atom stereocenters. The Labute approximate surface area is 376 Å². The van der Waals surface area contributed by atoms with E-state index in [-0.39, 0.29) is 30.5 Å². The smallest absolute Gasteiger partial charge is 0.310 e. The molecule has 0 fully saturated rings. The molecule has 0 radical (unpaired) electrons. The SMILES string of the molecule is CCCCCCCCCCCCC(=O)O[C@H]1[C@H](C)CCC/C(C)=C\C[C@@H](/C(C)=C/c2csc(C)n2)OC(=O)C[C@H](OC(=O)CCCCCCCCCCC)C(C)(C)C(=O)[C@@H]1C. The van der Waals surface area contributed by atoms with Crippen LogP contribution in [0, 0.1) is 24.2 Å². The molecule has 0 saturated carbocycles. The van der Waals surface area contributed by atoms with E-state index < -0.39 is 41.6 Å². The van der Waals surface area contributed by atoms with E-state index in [1.54, 1.807) is 25.2 Å². The zero-order valence-electron chi connectivity index (χ0n) is 40.2. The molecule has 0 aliphatic carbocycles. The molecule has 2 heterocycles. The van der Waals surface area contributed by atoms with E-state index in [0.717, 1.165) is 74.1 Å². The molecule has 1 aromatic heterocycles. The quantitative estimate of drug-likeness (QED) is 0.0414. The molecule has 0 spiro atoms. The number of rotatable bonds is 25. The Kier molecular flexibility index (Phi) is 27.7. The van der Waals surface area contributed by atoms with E-state index in [9.17, 15) is 19.2 Å². The van der Waals surface area contributed by atoms with Crippen molar-refractivity contribution < 1.29 is 33.4 Å². The van der Waals surface area contributed by atoms with Crippen LogP contribution in [0.25, 0.3) is 6.08 Å². The largest absolute Gasteiger partial charge is 0.461 e. The number of aromatic nitrogens is 1. The van der Waals surface area contributed by atoms with E-state index in [1.165, 1.54) is 82.6 Å². The third-order valence-electron chi connectivity index (χ3n) is 12.7. The summed E-state index contributed by atoms with van der Waals surface area (Å²) in [6, 6.07) is 0. The van der Waals surface area contributed by atoms with Crippen LogP contribution in [0.3, 0.4) is 0 Å². The van der Waals surface area contributed by atoms with E-state index >= 15 is 0 Å². The molecule has 0 N–H and O–H groups in total. The van der Waals surface area contributed by atoms with Crippen molar-refractivity contribution in [3.05, 3.63) is 33.3 Å². The summed E-state index contributed by atoms with van der Waals surface area (Å²) >= 11 is 1.57. The van der Waals surface area contributed by atoms with Crippen LogP contribution in [0.5, 0.6) is 0 Å². The van der Waals surface area contributed by atoms with Gasteiger partial charge in [-0.15, -0.1) is 11.3 Å². The lowest BCUT2D eigenvalue weighted by Gasteiger charge is -2.37. The highest BCUT2D eigenvalue weighted by Crippen LogP contribution is 2.36. The molecule has 9 heteroatoms. The molecule has 8 nitrogen and oxygen atoms in total. The minimum absolute atomic E-state index is 0.0794. The number of nitrogens with zero attached hydrogens (tertiary/aromatic N) is 1. The van der Waals surface area contributed by atoms with Gasteiger partial charge < -0.3 is 14.2 Å². The Morgan fingerprint density at radius 3 is 1.82 bits per heavy atom. The van der Waals surface area contributed by atoms with Crippen LogP contribution in [0.15, 0.2) is 22.6 Å². The molecular formula is C52H87NO7S. The minimum atomic E-state index is -1.26. The number of hydrogen-bond acceptors (Lipinski definition) is 9. The minimum Gasteiger partial charge on any atom is -0.461 e. The van der Waals surface area contributed by atoms with Gasteiger partial charge in [-0.3, -0.25) is 19.2 Å². The number of unbranched alkanes of at least 4 members (excludes halogenated alkanes) is 17. The molecule has 2 rings (SSSR count). The summed E-state index contributed by atoms with van der Waals surface area (Å²) in [6.45, 7) is 17.9. The molecule has 61 heavy (non-hydrogen) atoms. The van der Waals surface area contributed by atoms with Gasteiger partial charge in [0.1, 0.15) is 24.1 Å². The molecule has 0 amide bonds. The van der Waals surface area contributed by atoms with Crippen molar-refractivity contribution in [1.82, 2.24) is 4.98 Å². The van der Waals surface area contributed by atoms with Gasteiger partial charge in [0.2, 0.25) is 0 Å². The van der Waals surface area contributed by atoms with Crippen LogP contribution in [-0.2, 0) is 33.4 Å². The maximum absolute atomic E-state index is 14.7. The standard InChI is InChI=1S/C52H87NO7S/c1-10-12-14-16-18-20-22-24-26-28-33-48(55)60-50-40(4)31-29-30-39(3)34-35-45(41(5)36-44-38-61-43(7)53-44)58-49(56)37-46(52(8,9)51(57)42(50)6)59-47(54)32-27-25-23-21-19-17-15-13-11-2/h34,36,38,40,42,45-46,50H,10-33,35,37H2,1-9H3/b39-34-,41-36+/t40-,42-,45+,46+,50+/m1/s1. The number of ether oxygens (including phenoxy) is 3. The fourth-order valence-electron chi connectivity index (χ4n) is 8.55. The fraction of sp³-hybridized carbons (Fsp3) is 0.788. The number of hydrogen-bond donors (Lipinski definition) is 0. The third-order valence-corrected chi connectivity index (χ3v) is 13.5. The van der Waals surface area contributed by atoms with Crippen LogP contribution in [0.4, 0.5) is 0 Å². The third kappa shape index (κ3) is 22.4. The first kappa shape index (κ1) is 54.3. The summed E-state index contributed by atoms with van der Waals surface area (Å²) in [5, 5.41) is 2.94. The molecule has 348 valence electrons. The maximum atomic E-state index is 14.7. The Balaban J connectivity index is 2.28. The van der Waals surface area contributed by atoms with E-state index in [0.29, 0.717) is 19.3 Å². The molecule has 1 aliphatic heterocycles. The lowest BCUT2D eigenvalue weighted by molar-refractivity contribution is -0.168. The lowest BCUT2D eigenvalue weighted by atomic mass is 9.72. The maximum Gasteiger partial charge on any atom is 0.310 e.